The van der Waals surface area contributed by atoms with E-state index in [4.69, 9.17) is 23.8 Å². The highest BCUT2D eigenvalue weighted by molar-refractivity contribution is 5.99. The number of pyridine rings is 1. The number of carbonyl (C=O) groups excluding carboxylic acids is 1. The molecule has 1 spiro atoms. The van der Waals surface area contributed by atoms with E-state index in [1.807, 2.05) is 31.2 Å². The molecule has 1 aromatic carbocycles. The summed E-state index contributed by atoms with van der Waals surface area (Å²) in [6, 6.07) is 10.5. The Morgan fingerprint density at radius 3 is 2.53 bits per heavy atom. The summed E-state index contributed by atoms with van der Waals surface area (Å²) in [5.74, 6) is -2.97. The molecule has 1 N–H and O–H groups in total. The Bertz CT molecular complexity index is 1270. The molecule has 4 heterocycles. The van der Waals surface area contributed by atoms with E-state index >= 15 is 0 Å². The van der Waals surface area contributed by atoms with Gasteiger partial charge in [0.05, 0.1) is 19.7 Å². The topological polar surface area (TPSA) is 102 Å². The largest absolute Gasteiger partial charge is 0.490 e. The first kappa shape index (κ1) is 25.4. The Labute approximate surface area is 202 Å². The number of furan rings is 1. The van der Waals surface area contributed by atoms with E-state index in [2.05, 4.69) is 4.98 Å². The minimum atomic E-state index is -5.08. The van der Waals surface area contributed by atoms with E-state index in [1.165, 1.54) is 18.3 Å². The van der Waals surface area contributed by atoms with Crippen LogP contribution in [0, 0.1) is 12.7 Å². The molecule has 0 aliphatic carbocycles. The number of carbonyl (C=O) groups is 2. The number of aliphatic carboxylic acids is 1. The van der Waals surface area contributed by atoms with Crippen LogP contribution in [0.3, 0.4) is 0 Å². The molecule has 2 fully saturated rings. The molecule has 192 valence electrons. The van der Waals surface area contributed by atoms with Crippen molar-refractivity contribution in [1.82, 2.24) is 9.88 Å². The highest BCUT2D eigenvalue weighted by Gasteiger charge is 2.51. The van der Waals surface area contributed by atoms with Gasteiger partial charge < -0.3 is 23.9 Å². The number of fused-ring (bicyclic) bond motifs is 1. The first-order valence-electron chi connectivity index (χ1n) is 11.0. The Kier molecular flexibility index (Phi) is 6.90. The fraction of sp³-hybridized carbons (Fsp3) is 0.375. The molecule has 2 aliphatic rings. The van der Waals surface area contributed by atoms with Gasteiger partial charge in [-0.2, -0.15) is 13.2 Å². The van der Waals surface area contributed by atoms with Crippen molar-refractivity contribution in [3.05, 3.63) is 59.7 Å². The molecule has 2 aromatic heterocycles. The van der Waals surface area contributed by atoms with Crippen molar-refractivity contribution >= 4 is 22.8 Å². The number of likely N-dealkylation sites (tertiary alicyclic amines) is 1. The zero-order chi connectivity index (χ0) is 26.1. The van der Waals surface area contributed by atoms with Gasteiger partial charge in [-0.15, -0.1) is 0 Å². The van der Waals surface area contributed by atoms with Gasteiger partial charge in [0.15, 0.2) is 11.6 Å². The van der Waals surface area contributed by atoms with Crippen molar-refractivity contribution in [2.24, 2.45) is 0 Å². The number of carboxylic acids is 1. The molecule has 1 amide bonds. The average Bonchev–Trinajstić information content (AvgIpc) is 3.15. The highest BCUT2D eigenvalue weighted by atomic mass is 19.4. The monoisotopic (exact) mass is 510 g/mol. The first-order valence-corrected chi connectivity index (χ1v) is 11.0. The molecule has 36 heavy (non-hydrogen) atoms. The van der Waals surface area contributed by atoms with Gasteiger partial charge in [-0.05, 0) is 25.1 Å². The van der Waals surface area contributed by atoms with Gasteiger partial charge in [0.25, 0.3) is 11.8 Å². The molecule has 2 saturated heterocycles. The summed E-state index contributed by atoms with van der Waals surface area (Å²) < 4.78 is 63.1. The molecule has 12 heteroatoms. The number of hydrogen-bond acceptors (Lipinski definition) is 6. The lowest BCUT2D eigenvalue weighted by molar-refractivity contribution is -0.192. The lowest BCUT2D eigenvalue weighted by Crippen LogP contribution is -2.67. The highest BCUT2D eigenvalue weighted by Crippen LogP contribution is 2.37. The van der Waals surface area contributed by atoms with Crippen molar-refractivity contribution in [2.45, 2.75) is 37.6 Å². The maximum Gasteiger partial charge on any atom is 0.490 e. The number of hydrogen-bond donors (Lipinski definition) is 1. The summed E-state index contributed by atoms with van der Waals surface area (Å²) >= 11 is 0. The van der Waals surface area contributed by atoms with Crippen molar-refractivity contribution < 1.29 is 46.1 Å². The molecule has 5 rings (SSSR count). The third kappa shape index (κ3) is 5.27. The number of amides is 1. The second-order valence-corrected chi connectivity index (χ2v) is 8.57. The van der Waals surface area contributed by atoms with Crippen LogP contribution in [-0.2, 0) is 9.53 Å². The summed E-state index contributed by atoms with van der Waals surface area (Å²) in [5.41, 5.74) is 1.11. The van der Waals surface area contributed by atoms with E-state index in [9.17, 15) is 22.4 Å². The minimum absolute atomic E-state index is 0.0136. The maximum atomic E-state index is 13.8. The SMILES string of the molecule is Cc1c(C(=O)N2CC3(CC(Oc4ncccc4F)CCO3)C2)oc2ccccc12.O=C(O)C(F)(F)F. The molecule has 2 aliphatic heterocycles. The quantitative estimate of drug-likeness (QED) is 0.523. The van der Waals surface area contributed by atoms with Gasteiger partial charge in [0.2, 0.25) is 0 Å². The van der Waals surface area contributed by atoms with Crippen LogP contribution in [0.25, 0.3) is 11.0 Å². The standard InChI is InChI=1S/C22H21FN2O4.C2HF3O2/c1-14-16-5-2-3-7-18(16)29-19(14)21(26)25-12-22(13-25)11-15(8-10-27-22)28-20-17(23)6-4-9-24-20;3-2(4,5)1(6)7/h2-7,9,15H,8,10-13H2,1H3;(H,6,7). The smallest absolute Gasteiger partial charge is 0.475 e. The van der Waals surface area contributed by atoms with E-state index in [0.29, 0.717) is 43.9 Å². The van der Waals surface area contributed by atoms with Crippen LogP contribution in [0.2, 0.25) is 0 Å². The van der Waals surface area contributed by atoms with Crippen LogP contribution in [-0.4, -0.2) is 64.4 Å². The third-order valence-electron chi connectivity index (χ3n) is 5.98. The number of aryl methyl sites for hydroxylation is 1. The van der Waals surface area contributed by atoms with E-state index < -0.39 is 23.6 Å². The molecular formula is C24H22F4N2O6. The molecular weight excluding hydrogens is 488 g/mol. The number of rotatable bonds is 3. The number of aromatic nitrogens is 1. The van der Waals surface area contributed by atoms with Crippen molar-refractivity contribution in [2.75, 3.05) is 19.7 Å². The van der Waals surface area contributed by atoms with Crippen molar-refractivity contribution in [3.63, 3.8) is 0 Å². The Hall–Kier alpha value is -3.67. The number of alkyl halides is 3. The molecule has 1 atom stereocenters. The van der Waals surface area contributed by atoms with E-state index in [-0.39, 0.29) is 17.9 Å². The van der Waals surface area contributed by atoms with E-state index in [0.717, 1.165) is 10.9 Å². The van der Waals surface area contributed by atoms with Gasteiger partial charge in [-0.1, -0.05) is 18.2 Å². The van der Waals surface area contributed by atoms with Gasteiger partial charge in [0, 0.05) is 30.0 Å². The lowest BCUT2D eigenvalue weighted by Gasteiger charge is -2.52. The third-order valence-corrected chi connectivity index (χ3v) is 5.98. The molecule has 0 radical (unpaired) electrons. The van der Waals surface area contributed by atoms with Crippen LogP contribution >= 0.6 is 0 Å². The average molecular weight is 510 g/mol. The number of ether oxygens (including phenoxy) is 2. The van der Waals surface area contributed by atoms with Gasteiger partial charge in [0.1, 0.15) is 17.3 Å². The summed E-state index contributed by atoms with van der Waals surface area (Å²) in [5, 5.41) is 8.07. The fourth-order valence-electron chi connectivity index (χ4n) is 4.23. The van der Waals surface area contributed by atoms with Crippen LogP contribution in [0.4, 0.5) is 17.6 Å². The number of para-hydroxylation sites is 1. The fourth-order valence-corrected chi connectivity index (χ4v) is 4.23. The van der Waals surface area contributed by atoms with Crippen LogP contribution in [0.5, 0.6) is 5.88 Å². The maximum absolute atomic E-state index is 13.8. The summed E-state index contributed by atoms with van der Waals surface area (Å²) in [6.45, 7) is 3.33. The molecule has 0 saturated carbocycles. The zero-order valence-corrected chi connectivity index (χ0v) is 19.0. The summed E-state index contributed by atoms with van der Waals surface area (Å²) in [7, 11) is 0. The second kappa shape index (κ2) is 9.76. The second-order valence-electron chi connectivity index (χ2n) is 8.57. The predicted octanol–water partition coefficient (Wildman–Crippen LogP) is 4.36. The zero-order valence-electron chi connectivity index (χ0n) is 19.0. The number of benzene rings is 1. The predicted molar refractivity (Wildman–Crippen MR) is 117 cm³/mol. The Balaban J connectivity index is 0.000000384. The van der Waals surface area contributed by atoms with Crippen molar-refractivity contribution in [1.29, 1.82) is 0 Å². The van der Waals surface area contributed by atoms with Crippen LogP contribution in [0.15, 0.2) is 47.0 Å². The Morgan fingerprint density at radius 1 is 1.19 bits per heavy atom. The van der Waals surface area contributed by atoms with Crippen LogP contribution < -0.4 is 4.74 Å². The summed E-state index contributed by atoms with van der Waals surface area (Å²) in [6.07, 6.45) is -2.52. The number of halogens is 4. The minimum Gasteiger partial charge on any atom is -0.475 e. The Morgan fingerprint density at radius 2 is 1.89 bits per heavy atom. The molecule has 1 unspecified atom stereocenters. The van der Waals surface area contributed by atoms with Gasteiger partial charge >= 0.3 is 12.1 Å². The number of nitrogens with zero attached hydrogens (tertiary/aromatic N) is 2. The normalized spacial score (nSPS) is 18.8. The summed E-state index contributed by atoms with van der Waals surface area (Å²) in [4.78, 5) is 27.5. The molecule has 0 bridgehead atoms. The first-order chi connectivity index (χ1) is 17.0. The van der Waals surface area contributed by atoms with Crippen molar-refractivity contribution in [3.8, 4) is 5.88 Å². The van der Waals surface area contributed by atoms with Gasteiger partial charge in [-0.3, -0.25) is 4.79 Å². The molecule has 3 aromatic rings. The van der Waals surface area contributed by atoms with E-state index in [1.54, 1.807) is 4.90 Å². The van der Waals surface area contributed by atoms with Crippen LogP contribution in [0.1, 0.15) is 29.0 Å². The molecule has 8 nitrogen and oxygen atoms in total. The van der Waals surface area contributed by atoms with Gasteiger partial charge in [-0.25, -0.2) is 14.2 Å². The lowest BCUT2D eigenvalue weighted by atomic mass is 9.84. The number of carboxylic acid groups (broad SMARTS) is 1.